The Labute approximate surface area is 118 Å². The van der Waals surface area contributed by atoms with Crippen LogP contribution in [0, 0.1) is 0 Å². The molecule has 0 saturated heterocycles. The van der Waals surface area contributed by atoms with E-state index in [4.69, 9.17) is 5.73 Å². The number of aromatic nitrogens is 2. The summed E-state index contributed by atoms with van der Waals surface area (Å²) in [6.07, 6.45) is 2.00. The number of nitrogens with two attached hydrogens (primary N) is 1. The standard InChI is InChI=1S/C15H21N3S/c1-5-6-10-9-13(16)18-14(17-10)11-7-8-12(19-11)15(2,3)4/h7-9H,5-6H2,1-4H3,(H2,16,17,18). The second kappa shape index (κ2) is 5.29. The first-order chi connectivity index (χ1) is 8.90. The molecule has 0 fully saturated rings. The van der Waals surface area contributed by atoms with Gasteiger partial charge in [-0.25, -0.2) is 9.97 Å². The summed E-state index contributed by atoms with van der Waals surface area (Å²) in [5, 5.41) is 0. The Morgan fingerprint density at radius 2 is 1.95 bits per heavy atom. The highest BCUT2D eigenvalue weighted by Gasteiger charge is 2.17. The van der Waals surface area contributed by atoms with E-state index in [9.17, 15) is 0 Å². The maximum Gasteiger partial charge on any atom is 0.171 e. The molecule has 0 aromatic carbocycles. The van der Waals surface area contributed by atoms with Crippen molar-refractivity contribution in [2.45, 2.75) is 46.0 Å². The van der Waals surface area contributed by atoms with Gasteiger partial charge in [-0.1, -0.05) is 34.1 Å². The number of thiophene rings is 1. The largest absolute Gasteiger partial charge is 0.384 e. The van der Waals surface area contributed by atoms with E-state index in [1.54, 1.807) is 11.3 Å². The Bertz CT molecular complexity index is 567. The van der Waals surface area contributed by atoms with Crippen molar-refractivity contribution in [3.8, 4) is 10.7 Å². The van der Waals surface area contributed by atoms with Crippen LogP contribution in [0.2, 0.25) is 0 Å². The summed E-state index contributed by atoms with van der Waals surface area (Å²) in [6.45, 7) is 8.78. The summed E-state index contributed by atoms with van der Waals surface area (Å²) in [5.74, 6) is 1.31. The molecule has 0 atom stereocenters. The third-order valence-electron chi connectivity index (χ3n) is 2.87. The zero-order chi connectivity index (χ0) is 14.0. The molecule has 3 nitrogen and oxygen atoms in total. The van der Waals surface area contributed by atoms with Crippen LogP contribution in [0.15, 0.2) is 18.2 Å². The van der Waals surface area contributed by atoms with Gasteiger partial charge in [0.2, 0.25) is 0 Å². The van der Waals surface area contributed by atoms with E-state index < -0.39 is 0 Å². The zero-order valence-corrected chi connectivity index (χ0v) is 12.8. The quantitative estimate of drug-likeness (QED) is 0.919. The predicted octanol–water partition coefficient (Wildman–Crippen LogP) is 4.04. The van der Waals surface area contributed by atoms with Gasteiger partial charge < -0.3 is 5.73 Å². The Kier molecular flexibility index (Phi) is 3.90. The molecular formula is C15H21N3S. The van der Waals surface area contributed by atoms with Crippen LogP contribution in [0.3, 0.4) is 0 Å². The van der Waals surface area contributed by atoms with Gasteiger partial charge in [0.15, 0.2) is 5.82 Å². The van der Waals surface area contributed by atoms with Crippen molar-refractivity contribution in [1.82, 2.24) is 9.97 Å². The number of rotatable bonds is 3. The third kappa shape index (κ3) is 3.32. The molecule has 0 aliphatic rings. The zero-order valence-electron chi connectivity index (χ0n) is 12.0. The van der Waals surface area contributed by atoms with Gasteiger partial charge in [-0.2, -0.15) is 0 Å². The van der Waals surface area contributed by atoms with Crippen molar-refractivity contribution < 1.29 is 0 Å². The van der Waals surface area contributed by atoms with E-state index in [1.807, 2.05) is 6.07 Å². The van der Waals surface area contributed by atoms with Gasteiger partial charge in [0.25, 0.3) is 0 Å². The molecule has 19 heavy (non-hydrogen) atoms. The van der Waals surface area contributed by atoms with Crippen LogP contribution >= 0.6 is 11.3 Å². The van der Waals surface area contributed by atoms with Crippen LogP contribution in [-0.4, -0.2) is 9.97 Å². The van der Waals surface area contributed by atoms with E-state index in [1.165, 1.54) is 4.88 Å². The maximum absolute atomic E-state index is 5.87. The number of nitrogen functional groups attached to an aromatic ring is 1. The van der Waals surface area contributed by atoms with Crippen molar-refractivity contribution in [3.05, 3.63) is 28.8 Å². The first kappa shape index (κ1) is 14.0. The molecule has 4 heteroatoms. The fourth-order valence-corrected chi connectivity index (χ4v) is 2.87. The number of hydrogen-bond acceptors (Lipinski definition) is 4. The lowest BCUT2D eigenvalue weighted by Gasteiger charge is -2.15. The molecule has 2 rings (SSSR count). The second-order valence-electron chi connectivity index (χ2n) is 5.77. The molecule has 0 aliphatic heterocycles. The minimum Gasteiger partial charge on any atom is -0.384 e. The number of nitrogens with zero attached hydrogens (tertiary/aromatic N) is 2. The van der Waals surface area contributed by atoms with Gasteiger partial charge in [-0.3, -0.25) is 0 Å². The van der Waals surface area contributed by atoms with Crippen LogP contribution in [0.1, 0.15) is 44.7 Å². The third-order valence-corrected chi connectivity index (χ3v) is 4.38. The molecule has 2 aromatic heterocycles. The minimum atomic E-state index is 0.162. The molecule has 0 saturated carbocycles. The van der Waals surface area contributed by atoms with Crippen LogP contribution in [-0.2, 0) is 11.8 Å². The molecule has 2 N–H and O–H groups in total. The molecule has 2 aromatic rings. The molecule has 0 unspecified atom stereocenters. The van der Waals surface area contributed by atoms with Gasteiger partial charge in [-0.15, -0.1) is 11.3 Å². The average Bonchev–Trinajstić information content (AvgIpc) is 2.77. The monoisotopic (exact) mass is 275 g/mol. The molecule has 0 amide bonds. The van der Waals surface area contributed by atoms with Crippen molar-refractivity contribution >= 4 is 17.2 Å². The van der Waals surface area contributed by atoms with E-state index in [-0.39, 0.29) is 5.41 Å². The normalized spacial score (nSPS) is 11.8. The van der Waals surface area contributed by atoms with Crippen LogP contribution in [0.25, 0.3) is 10.7 Å². The fourth-order valence-electron chi connectivity index (χ4n) is 1.87. The summed E-state index contributed by atoms with van der Waals surface area (Å²) < 4.78 is 0. The van der Waals surface area contributed by atoms with Crippen LogP contribution in [0.4, 0.5) is 5.82 Å². The lowest BCUT2D eigenvalue weighted by atomic mass is 9.95. The fraction of sp³-hybridized carbons (Fsp3) is 0.467. The summed E-state index contributed by atoms with van der Waals surface area (Å²) in [7, 11) is 0. The highest BCUT2D eigenvalue weighted by molar-refractivity contribution is 7.15. The number of anilines is 1. The Morgan fingerprint density at radius 1 is 1.21 bits per heavy atom. The SMILES string of the molecule is CCCc1cc(N)nc(-c2ccc(C(C)(C)C)s2)n1. The van der Waals surface area contributed by atoms with Gasteiger partial charge in [0.1, 0.15) is 5.82 Å². The Morgan fingerprint density at radius 3 is 2.53 bits per heavy atom. The van der Waals surface area contributed by atoms with E-state index >= 15 is 0 Å². The molecule has 0 spiro atoms. The van der Waals surface area contributed by atoms with Crippen molar-refractivity contribution in [1.29, 1.82) is 0 Å². The smallest absolute Gasteiger partial charge is 0.171 e. The maximum atomic E-state index is 5.87. The number of aryl methyl sites for hydroxylation is 1. The van der Waals surface area contributed by atoms with Crippen LogP contribution in [0.5, 0.6) is 0 Å². The van der Waals surface area contributed by atoms with Gasteiger partial charge >= 0.3 is 0 Å². The minimum absolute atomic E-state index is 0.162. The lowest BCUT2D eigenvalue weighted by molar-refractivity contribution is 0.604. The molecule has 2 heterocycles. The summed E-state index contributed by atoms with van der Waals surface area (Å²) in [6, 6.07) is 6.12. The van der Waals surface area contributed by atoms with E-state index in [2.05, 4.69) is 49.8 Å². The molecule has 0 radical (unpaired) electrons. The van der Waals surface area contributed by atoms with Gasteiger partial charge in [0.05, 0.1) is 4.88 Å². The first-order valence-corrected chi connectivity index (χ1v) is 7.46. The summed E-state index contributed by atoms with van der Waals surface area (Å²) >= 11 is 1.75. The summed E-state index contributed by atoms with van der Waals surface area (Å²) in [4.78, 5) is 11.4. The van der Waals surface area contributed by atoms with E-state index in [0.717, 1.165) is 29.2 Å². The molecule has 0 aliphatic carbocycles. The van der Waals surface area contributed by atoms with E-state index in [0.29, 0.717) is 5.82 Å². The second-order valence-corrected chi connectivity index (χ2v) is 6.86. The molecule has 102 valence electrons. The average molecular weight is 275 g/mol. The van der Waals surface area contributed by atoms with Crippen molar-refractivity contribution in [2.75, 3.05) is 5.73 Å². The first-order valence-electron chi connectivity index (χ1n) is 6.64. The van der Waals surface area contributed by atoms with Gasteiger partial charge in [0, 0.05) is 16.6 Å². The highest BCUT2D eigenvalue weighted by atomic mass is 32.1. The van der Waals surface area contributed by atoms with Gasteiger partial charge in [-0.05, 0) is 24.0 Å². The predicted molar refractivity (Wildman–Crippen MR) is 82.5 cm³/mol. The van der Waals surface area contributed by atoms with Crippen molar-refractivity contribution in [3.63, 3.8) is 0 Å². The summed E-state index contributed by atoms with van der Waals surface area (Å²) in [5.41, 5.74) is 7.06. The van der Waals surface area contributed by atoms with Crippen molar-refractivity contribution in [2.24, 2.45) is 0 Å². The molecule has 0 bridgehead atoms. The van der Waals surface area contributed by atoms with Crippen LogP contribution < -0.4 is 5.73 Å². The number of hydrogen-bond donors (Lipinski definition) is 1. The lowest BCUT2D eigenvalue weighted by Crippen LogP contribution is -2.07. The Balaban J connectivity index is 2.38. The highest BCUT2D eigenvalue weighted by Crippen LogP contribution is 2.33. The topological polar surface area (TPSA) is 51.8 Å². The molecular weight excluding hydrogens is 254 g/mol. The Hall–Kier alpha value is -1.42.